The van der Waals surface area contributed by atoms with Crippen molar-refractivity contribution in [3.8, 4) is 0 Å². The summed E-state index contributed by atoms with van der Waals surface area (Å²) in [4.78, 5) is 18.0. The van der Waals surface area contributed by atoms with E-state index < -0.39 is 16.4 Å². The molecule has 0 aromatic heterocycles. The molecule has 0 radical (unpaired) electrons. The Morgan fingerprint density at radius 3 is 1.77 bits per heavy atom. The van der Waals surface area contributed by atoms with Crippen LogP contribution in [0.2, 0.25) is 0 Å². The first-order valence-electron chi connectivity index (χ1n) is 11.8. The fraction of sp³-hybridized carbons (Fsp3) is 0.310. The summed E-state index contributed by atoms with van der Waals surface area (Å²) in [5.74, 6) is 0. The Morgan fingerprint density at radius 2 is 1.37 bits per heavy atom. The maximum atomic E-state index is 13.0. The molecule has 0 saturated carbocycles. The Morgan fingerprint density at radius 1 is 0.914 bits per heavy atom. The normalized spacial score (nSPS) is 18.1. The summed E-state index contributed by atoms with van der Waals surface area (Å²) in [6.45, 7) is 6.05. The average Bonchev–Trinajstić information content (AvgIpc) is 3.26. The van der Waals surface area contributed by atoms with Crippen LogP contribution in [0.25, 0.3) is 5.53 Å². The van der Waals surface area contributed by atoms with Gasteiger partial charge in [0.05, 0.1) is 4.75 Å². The van der Waals surface area contributed by atoms with E-state index in [-0.39, 0.29) is 11.3 Å². The number of nitrogens with zero attached hydrogens (tertiary/aromatic N) is 3. The van der Waals surface area contributed by atoms with Crippen molar-refractivity contribution in [2.75, 3.05) is 6.54 Å². The van der Waals surface area contributed by atoms with Crippen molar-refractivity contribution < 1.29 is 14.3 Å². The van der Waals surface area contributed by atoms with Gasteiger partial charge in [-0.2, -0.15) is 4.79 Å². The van der Waals surface area contributed by atoms with Gasteiger partial charge in [-0.25, -0.2) is 4.79 Å². The summed E-state index contributed by atoms with van der Waals surface area (Å²) < 4.78 is 5.18. The van der Waals surface area contributed by atoms with Gasteiger partial charge in [0.15, 0.2) is 0 Å². The maximum Gasteiger partial charge on any atom is 0.411 e. The minimum atomic E-state index is -0.606. The van der Waals surface area contributed by atoms with Crippen molar-refractivity contribution in [2.45, 2.75) is 48.8 Å². The fourth-order valence-electron chi connectivity index (χ4n) is 4.63. The van der Waals surface area contributed by atoms with Gasteiger partial charge in [0, 0.05) is 11.8 Å². The second-order valence-electron chi connectivity index (χ2n) is 9.72. The third-order valence-corrected chi connectivity index (χ3v) is 7.79. The van der Waals surface area contributed by atoms with Crippen LogP contribution in [-0.4, -0.2) is 45.4 Å². The molecule has 1 heterocycles. The molecule has 3 aromatic carbocycles. The van der Waals surface area contributed by atoms with Gasteiger partial charge < -0.3 is 10.3 Å². The molecule has 1 fully saturated rings. The van der Waals surface area contributed by atoms with Crippen molar-refractivity contribution in [2.24, 2.45) is 0 Å². The molecule has 5 nitrogen and oxygen atoms in total. The van der Waals surface area contributed by atoms with Crippen molar-refractivity contribution in [1.29, 1.82) is 0 Å². The Labute approximate surface area is 211 Å². The predicted molar refractivity (Wildman–Crippen MR) is 142 cm³/mol. The van der Waals surface area contributed by atoms with Gasteiger partial charge in [-0.15, -0.1) is 11.8 Å². The highest BCUT2D eigenvalue weighted by molar-refractivity contribution is 8.01. The van der Waals surface area contributed by atoms with Crippen LogP contribution in [-0.2, 0) is 9.48 Å². The van der Waals surface area contributed by atoms with E-state index in [1.165, 1.54) is 22.9 Å². The van der Waals surface area contributed by atoms with Crippen LogP contribution in [0.3, 0.4) is 0 Å². The highest BCUT2D eigenvalue weighted by atomic mass is 32.2. The number of hydrogen-bond donors (Lipinski definition) is 0. The average molecular weight is 486 g/mol. The number of ether oxygens (including phenoxy) is 1. The lowest BCUT2D eigenvalue weighted by molar-refractivity contribution is -0.00901. The molecule has 1 aliphatic rings. The first-order chi connectivity index (χ1) is 16.8. The number of hydrogen-bond acceptors (Lipinski definition) is 3. The monoisotopic (exact) mass is 485 g/mol. The second kappa shape index (κ2) is 10.5. The van der Waals surface area contributed by atoms with Gasteiger partial charge in [0.1, 0.15) is 11.6 Å². The van der Waals surface area contributed by atoms with E-state index >= 15 is 0 Å². The summed E-state index contributed by atoms with van der Waals surface area (Å²) in [6, 6.07) is 31.2. The molecule has 1 saturated heterocycles. The second-order valence-corrected chi connectivity index (χ2v) is 11.2. The molecule has 2 atom stereocenters. The SMILES string of the molecule is CC(C)(C)OC(=O)N1C[C@H](SC(c2ccccc2)(c2ccccc2)c2ccccc2)C[C@H]1C=[N+]=[N-]. The van der Waals surface area contributed by atoms with E-state index in [4.69, 9.17) is 4.74 Å². The van der Waals surface area contributed by atoms with E-state index in [9.17, 15) is 10.3 Å². The summed E-state index contributed by atoms with van der Waals surface area (Å²) in [7, 11) is 0. The van der Waals surface area contributed by atoms with Crippen LogP contribution in [0.15, 0.2) is 91.0 Å². The van der Waals surface area contributed by atoms with Gasteiger partial charge in [-0.3, -0.25) is 4.90 Å². The zero-order chi connectivity index (χ0) is 24.9. The molecule has 6 heteroatoms. The quantitative estimate of drug-likeness (QED) is 0.176. The maximum absolute atomic E-state index is 13.0. The van der Waals surface area contributed by atoms with Gasteiger partial charge in [-0.1, -0.05) is 91.0 Å². The van der Waals surface area contributed by atoms with Gasteiger partial charge in [-0.05, 0) is 43.9 Å². The zero-order valence-corrected chi connectivity index (χ0v) is 21.2. The molecule has 1 amide bonds. The number of thioether (sulfide) groups is 1. The van der Waals surface area contributed by atoms with Crippen LogP contribution >= 0.6 is 11.8 Å². The number of likely N-dealkylation sites (tertiary alicyclic amines) is 1. The van der Waals surface area contributed by atoms with E-state index in [0.29, 0.717) is 13.0 Å². The smallest absolute Gasteiger partial charge is 0.411 e. The number of carbonyl (C=O) groups is 1. The molecule has 0 bridgehead atoms. The Balaban J connectivity index is 1.78. The first-order valence-corrected chi connectivity index (χ1v) is 12.7. The van der Waals surface area contributed by atoms with Crippen molar-refractivity contribution >= 4 is 24.1 Å². The van der Waals surface area contributed by atoms with Crippen molar-refractivity contribution in [3.05, 3.63) is 113 Å². The highest BCUT2D eigenvalue weighted by Gasteiger charge is 2.45. The summed E-state index contributed by atoms with van der Waals surface area (Å²) in [5.41, 5.74) is 12.2. The molecular weight excluding hydrogens is 454 g/mol. The Hall–Kier alpha value is -3.34. The van der Waals surface area contributed by atoms with E-state index in [0.717, 1.165) is 0 Å². The molecule has 1 aliphatic heterocycles. The Bertz CT molecular complexity index is 1080. The fourth-order valence-corrected chi connectivity index (χ4v) is 6.48. The number of benzene rings is 3. The highest BCUT2D eigenvalue weighted by Crippen LogP contribution is 2.52. The van der Waals surface area contributed by atoms with E-state index in [1.54, 1.807) is 4.90 Å². The molecule has 4 rings (SSSR count). The predicted octanol–water partition coefficient (Wildman–Crippen LogP) is 6.39. The third-order valence-electron chi connectivity index (χ3n) is 6.06. The zero-order valence-electron chi connectivity index (χ0n) is 20.4. The lowest BCUT2D eigenvalue weighted by Crippen LogP contribution is -2.41. The van der Waals surface area contributed by atoms with Crippen molar-refractivity contribution in [1.82, 2.24) is 4.90 Å². The van der Waals surface area contributed by atoms with Gasteiger partial charge in [0.25, 0.3) is 6.21 Å². The minimum Gasteiger partial charge on any atom is -0.444 e. The van der Waals surface area contributed by atoms with Crippen LogP contribution in [0.4, 0.5) is 4.79 Å². The van der Waals surface area contributed by atoms with Crippen LogP contribution in [0.5, 0.6) is 0 Å². The lowest BCUT2D eigenvalue weighted by atomic mass is 9.84. The molecular formula is C29H31N3O2S. The lowest BCUT2D eigenvalue weighted by Gasteiger charge is -2.37. The van der Waals surface area contributed by atoms with Gasteiger partial charge >= 0.3 is 6.09 Å². The molecule has 3 aromatic rings. The van der Waals surface area contributed by atoms with E-state index in [1.807, 2.05) is 50.7 Å². The minimum absolute atomic E-state index is 0.0751. The van der Waals surface area contributed by atoms with Crippen LogP contribution in [0, 0.1) is 0 Å². The van der Waals surface area contributed by atoms with Crippen LogP contribution < -0.4 is 0 Å². The molecule has 0 N–H and O–H groups in total. The molecule has 180 valence electrons. The molecule has 35 heavy (non-hydrogen) atoms. The Kier molecular flexibility index (Phi) is 7.44. The van der Waals surface area contributed by atoms with Crippen LogP contribution in [0.1, 0.15) is 43.9 Å². The summed E-state index contributed by atoms with van der Waals surface area (Å²) in [6.07, 6.45) is 1.69. The third kappa shape index (κ3) is 5.50. The number of rotatable bonds is 6. The molecule has 0 aliphatic carbocycles. The van der Waals surface area contributed by atoms with Gasteiger partial charge in [0.2, 0.25) is 0 Å². The first kappa shape index (κ1) is 24.8. The standard InChI is InChI=1S/C29H31N3O2S/c1-28(2,3)34-27(33)32-21-26(19-25(32)20-31-30)35-29(22-13-7-4-8-14-22,23-15-9-5-10-16-23)24-17-11-6-12-18-24/h4-18,20,25-26H,19,21H2,1-3H3/t25-,26+/m0/s1. The van der Waals surface area contributed by atoms with E-state index in [2.05, 4.69) is 77.6 Å². The largest absolute Gasteiger partial charge is 0.444 e. The van der Waals surface area contributed by atoms with Crippen molar-refractivity contribution in [3.63, 3.8) is 0 Å². The summed E-state index contributed by atoms with van der Waals surface area (Å²) >= 11 is 1.84. The molecule has 0 spiro atoms. The number of carbonyl (C=O) groups excluding carboxylic acids is 1. The summed E-state index contributed by atoms with van der Waals surface area (Å²) in [5, 5.41) is 0.0751. The topological polar surface area (TPSA) is 65.9 Å². The molecule has 0 unspecified atom stereocenters. The number of amides is 1.